The van der Waals surface area contributed by atoms with E-state index in [1.807, 2.05) is 19.9 Å². The average Bonchev–Trinajstić information content (AvgIpc) is 2.95. The van der Waals surface area contributed by atoms with E-state index < -0.39 is 0 Å². The number of nitrogens with one attached hydrogen (secondary N) is 3. The first-order chi connectivity index (χ1) is 9.61. The molecular formula is C14H17ClN4O. The maximum atomic E-state index is 12.4. The van der Waals surface area contributed by atoms with E-state index in [9.17, 15) is 4.79 Å². The third kappa shape index (κ3) is 3.30. The summed E-state index contributed by atoms with van der Waals surface area (Å²) in [4.78, 5) is 12.4. The van der Waals surface area contributed by atoms with Crippen LogP contribution in [-0.4, -0.2) is 22.6 Å². The van der Waals surface area contributed by atoms with Crippen molar-refractivity contribution < 1.29 is 4.79 Å². The third-order valence-electron chi connectivity index (χ3n) is 2.96. The summed E-state index contributed by atoms with van der Waals surface area (Å²) in [5.41, 5.74) is 2.23. The minimum absolute atomic E-state index is 0.130. The Kier molecular flexibility index (Phi) is 4.63. The van der Waals surface area contributed by atoms with Gasteiger partial charge in [0.05, 0.1) is 17.8 Å². The number of hydrogen-bond donors (Lipinski definition) is 3. The van der Waals surface area contributed by atoms with Crippen molar-refractivity contribution in [1.82, 2.24) is 15.5 Å². The summed E-state index contributed by atoms with van der Waals surface area (Å²) in [5.74, 6) is -0.169. The molecule has 20 heavy (non-hydrogen) atoms. The number of anilines is 1. The van der Waals surface area contributed by atoms with Crippen LogP contribution in [0.5, 0.6) is 0 Å². The second kappa shape index (κ2) is 6.43. The molecule has 0 spiro atoms. The topological polar surface area (TPSA) is 69.8 Å². The predicted molar refractivity (Wildman–Crippen MR) is 80.1 cm³/mol. The third-order valence-corrected chi connectivity index (χ3v) is 3.20. The molecule has 1 unspecified atom stereocenters. The molecule has 0 fully saturated rings. The molecule has 0 aliphatic carbocycles. The molecule has 1 aromatic heterocycles. The summed E-state index contributed by atoms with van der Waals surface area (Å²) in [6.07, 6.45) is 3.45. The average molecular weight is 293 g/mol. The van der Waals surface area contributed by atoms with Crippen molar-refractivity contribution in [2.45, 2.75) is 19.9 Å². The molecule has 1 aromatic carbocycles. The lowest BCUT2D eigenvalue weighted by Gasteiger charge is -2.15. The van der Waals surface area contributed by atoms with E-state index in [-0.39, 0.29) is 11.9 Å². The number of hydrogen-bond acceptors (Lipinski definition) is 3. The fourth-order valence-electron chi connectivity index (χ4n) is 1.90. The van der Waals surface area contributed by atoms with E-state index in [0.717, 1.165) is 17.8 Å². The van der Waals surface area contributed by atoms with Gasteiger partial charge in [-0.05, 0) is 32.0 Å². The molecule has 1 amide bonds. The number of H-pyrrole nitrogens is 1. The Morgan fingerprint density at radius 3 is 2.95 bits per heavy atom. The van der Waals surface area contributed by atoms with Crippen LogP contribution in [0.2, 0.25) is 5.02 Å². The minimum atomic E-state index is -0.169. The first-order valence-electron chi connectivity index (χ1n) is 6.44. The van der Waals surface area contributed by atoms with Crippen LogP contribution in [0.3, 0.4) is 0 Å². The Hall–Kier alpha value is -2.01. The second-order valence-corrected chi connectivity index (χ2v) is 4.88. The first-order valence-corrected chi connectivity index (χ1v) is 6.82. The summed E-state index contributed by atoms with van der Waals surface area (Å²) in [6, 6.07) is 5.10. The predicted octanol–water partition coefficient (Wildman–Crippen LogP) is 2.99. The fourth-order valence-corrected chi connectivity index (χ4v) is 2.08. The maximum Gasteiger partial charge on any atom is 0.253 e. The quantitative estimate of drug-likeness (QED) is 0.793. The van der Waals surface area contributed by atoms with Gasteiger partial charge in [-0.1, -0.05) is 11.6 Å². The first kappa shape index (κ1) is 14.4. The van der Waals surface area contributed by atoms with Crippen molar-refractivity contribution in [3.05, 3.63) is 46.7 Å². The van der Waals surface area contributed by atoms with Gasteiger partial charge < -0.3 is 10.6 Å². The molecule has 0 saturated heterocycles. The van der Waals surface area contributed by atoms with Crippen molar-refractivity contribution in [3.8, 4) is 0 Å². The Morgan fingerprint density at radius 2 is 2.30 bits per heavy atom. The molecule has 2 aromatic rings. The van der Waals surface area contributed by atoms with Crippen LogP contribution in [0.15, 0.2) is 30.6 Å². The molecule has 2 rings (SSSR count). The molecule has 0 bridgehead atoms. The van der Waals surface area contributed by atoms with E-state index in [2.05, 4.69) is 20.8 Å². The van der Waals surface area contributed by atoms with Gasteiger partial charge in [0.1, 0.15) is 0 Å². The highest BCUT2D eigenvalue weighted by Crippen LogP contribution is 2.21. The number of amides is 1. The molecule has 0 aliphatic heterocycles. The van der Waals surface area contributed by atoms with Gasteiger partial charge in [0.25, 0.3) is 5.91 Å². The number of halogens is 1. The standard InChI is InChI=1S/C14H17ClN4O/c1-3-16-13-5-4-11(15)6-12(13)14(20)19-9(2)10-7-17-18-8-10/h4-9,16H,3H2,1-2H3,(H,17,18)(H,19,20). The van der Waals surface area contributed by atoms with Crippen molar-refractivity contribution in [2.24, 2.45) is 0 Å². The van der Waals surface area contributed by atoms with E-state index in [1.54, 1.807) is 24.5 Å². The molecule has 6 heteroatoms. The zero-order valence-corrected chi connectivity index (χ0v) is 12.2. The monoisotopic (exact) mass is 292 g/mol. The molecule has 1 atom stereocenters. The summed E-state index contributed by atoms with van der Waals surface area (Å²) in [7, 11) is 0. The van der Waals surface area contributed by atoms with Crippen molar-refractivity contribution in [3.63, 3.8) is 0 Å². The molecule has 1 heterocycles. The van der Waals surface area contributed by atoms with Crippen LogP contribution in [0, 0.1) is 0 Å². The number of rotatable bonds is 5. The van der Waals surface area contributed by atoms with E-state index in [1.165, 1.54) is 0 Å². The number of carbonyl (C=O) groups excluding carboxylic acids is 1. The lowest BCUT2D eigenvalue weighted by atomic mass is 10.1. The second-order valence-electron chi connectivity index (χ2n) is 4.45. The molecule has 0 aliphatic rings. The summed E-state index contributed by atoms with van der Waals surface area (Å²) < 4.78 is 0. The van der Waals surface area contributed by atoms with Crippen LogP contribution >= 0.6 is 11.6 Å². The highest BCUT2D eigenvalue weighted by atomic mass is 35.5. The van der Waals surface area contributed by atoms with E-state index >= 15 is 0 Å². The number of carbonyl (C=O) groups is 1. The number of aromatic nitrogens is 2. The highest BCUT2D eigenvalue weighted by Gasteiger charge is 2.15. The fraction of sp³-hybridized carbons (Fsp3) is 0.286. The van der Waals surface area contributed by atoms with Gasteiger partial charge in [-0.15, -0.1) is 0 Å². The molecule has 3 N–H and O–H groups in total. The highest BCUT2D eigenvalue weighted by molar-refractivity contribution is 6.31. The summed E-state index contributed by atoms with van der Waals surface area (Å²) >= 11 is 5.97. The maximum absolute atomic E-state index is 12.4. The van der Waals surface area contributed by atoms with Crippen LogP contribution in [-0.2, 0) is 0 Å². The molecule has 0 radical (unpaired) electrons. The van der Waals surface area contributed by atoms with E-state index in [4.69, 9.17) is 11.6 Å². The van der Waals surface area contributed by atoms with Gasteiger partial charge in [0.2, 0.25) is 0 Å². The van der Waals surface area contributed by atoms with Crippen molar-refractivity contribution in [1.29, 1.82) is 0 Å². The lowest BCUT2D eigenvalue weighted by molar-refractivity contribution is 0.0940. The Morgan fingerprint density at radius 1 is 1.50 bits per heavy atom. The number of nitrogens with zero attached hydrogens (tertiary/aromatic N) is 1. The smallest absolute Gasteiger partial charge is 0.253 e. The summed E-state index contributed by atoms with van der Waals surface area (Å²) in [5, 5.41) is 13.2. The molecular weight excluding hydrogens is 276 g/mol. The van der Waals surface area contributed by atoms with Gasteiger partial charge in [0, 0.05) is 29.0 Å². The number of benzene rings is 1. The van der Waals surface area contributed by atoms with Crippen LogP contribution in [0.25, 0.3) is 0 Å². The van der Waals surface area contributed by atoms with Gasteiger partial charge in [-0.25, -0.2) is 0 Å². The van der Waals surface area contributed by atoms with Crippen molar-refractivity contribution in [2.75, 3.05) is 11.9 Å². The van der Waals surface area contributed by atoms with Gasteiger partial charge in [-0.3, -0.25) is 9.89 Å². The van der Waals surface area contributed by atoms with Crippen LogP contribution < -0.4 is 10.6 Å². The Bertz CT molecular complexity index is 583. The SMILES string of the molecule is CCNc1ccc(Cl)cc1C(=O)NC(C)c1cn[nH]c1. The lowest BCUT2D eigenvalue weighted by Crippen LogP contribution is -2.27. The molecule has 106 valence electrons. The zero-order valence-electron chi connectivity index (χ0n) is 11.4. The largest absolute Gasteiger partial charge is 0.385 e. The van der Waals surface area contributed by atoms with Gasteiger partial charge >= 0.3 is 0 Å². The van der Waals surface area contributed by atoms with E-state index in [0.29, 0.717) is 10.6 Å². The van der Waals surface area contributed by atoms with Crippen LogP contribution in [0.1, 0.15) is 35.8 Å². The Balaban J connectivity index is 2.18. The van der Waals surface area contributed by atoms with Crippen LogP contribution in [0.4, 0.5) is 5.69 Å². The zero-order chi connectivity index (χ0) is 14.5. The summed E-state index contributed by atoms with van der Waals surface area (Å²) in [6.45, 7) is 4.61. The van der Waals surface area contributed by atoms with Gasteiger partial charge in [0.15, 0.2) is 0 Å². The Labute approximate surface area is 122 Å². The van der Waals surface area contributed by atoms with Gasteiger partial charge in [-0.2, -0.15) is 5.10 Å². The number of aromatic amines is 1. The minimum Gasteiger partial charge on any atom is -0.385 e. The molecule has 0 saturated carbocycles. The normalized spacial score (nSPS) is 11.9. The molecule has 5 nitrogen and oxygen atoms in total. The van der Waals surface area contributed by atoms with Crippen molar-refractivity contribution >= 4 is 23.2 Å².